The summed E-state index contributed by atoms with van der Waals surface area (Å²) in [6, 6.07) is 0. The minimum atomic E-state index is 0.0874. The van der Waals surface area contributed by atoms with Crippen molar-refractivity contribution >= 4 is 11.7 Å². The molecule has 1 aromatic rings. The van der Waals surface area contributed by atoms with Crippen molar-refractivity contribution in [3.8, 4) is 0 Å². The molecule has 1 N–H and O–H groups in total. The van der Waals surface area contributed by atoms with Gasteiger partial charge in [-0.3, -0.25) is 4.79 Å². The first-order chi connectivity index (χ1) is 11.7. The molecule has 0 spiro atoms. The summed E-state index contributed by atoms with van der Waals surface area (Å²) in [6.07, 6.45) is 7.27. The van der Waals surface area contributed by atoms with Gasteiger partial charge in [-0.1, -0.05) is 0 Å². The number of rotatable bonds is 4. The Hall–Kier alpha value is -1.69. The highest BCUT2D eigenvalue weighted by Crippen LogP contribution is 2.30. The van der Waals surface area contributed by atoms with Crippen LogP contribution in [0.5, 0.6) is 0 Å². The minimum absolute atomic E-state index is 0.0874. The monoisotopic (exact) mass is 329 g/mol. The lowest BCUT2D eigenvalue weighted by molar-refractivity contribution is -0.125. The minimum Gasteiger partial charge on any atom is -0.356 e. The van der Waals surface area contributed by atoms with E-state index in [1.54, 1.807) is 6.33 Å². The van der Waals surface area contributed by atoms with Gasteiger partial charge in [-0.05, 0) is 38.6 Å². The van der Waals surface area contributed by atoms with Gasteiger partial charge >= 0.3 is 0 Å². The lowest BCUT2D eigenvalue weighted by atomic mass is 9.96. The van der Waals surface area contributed by atoms with Crippen LogP contribution in [0, 0.1) is 11.8 Å². The molecule has 1 saturated heterocycles. The van der Waals surface area contributed by atoms with E-state index < -0.39 is 0 Å². The SMILES string of the molecule is CN1CCc2ncnc(N3CCCC(C(=O)NCC4CC4)C3)c2C1. The maximum absolute atomic E-state index is 12.5. The van der Waals surface area contributed by atoms with E-state index in [0.29, 0.717) is 0 Å². The summed E-state index contributed by atoms with van der Waals surface area (Å²) in [6.45, 7) is 4.59. The fourth-order valence-corrected chi connectivity index (χ4v) is 3.83. The number of carbonyl (C=O) groups excluding carboxylic acids is 1. The van der Waals surface area contributed by atoms with Crippen LogP contribution in [-0.4, -0.2) is 54.0 Å². The second-order valence-electron chi connectivity index (χ2n) is 7.58. The fourth-order valence-electron chi connectivity index (χ4n) is 3.83. The van der Waals surface area contributed by atoms with E-state index in [4.69, 9.17) is 0 Å². The number of piperidine rings is 1. The van der Waals surface area contributed by atoms with Crippen molar-refractivity contribution in [2.75, 3.05) is 38.1 Å². The molecule has 2 aliphatic heterocycles. The molecule has 0 radical (unpaired) electrons. The summed E-state index contributed by atoms with van der Waals surface area (Å²) in [5.74, 6) is 2.10. The van der Waals surface area contributed by atoms with Crippen molar-refractivity contribution < 1.29 is 4.79 Å². The van der Waals surface area contributed by atoms with E-state index >= 15 is 0 Å². The Morgan fingerprint density at radius 2 is 2.17 bits per heavy atom. The van der Waals surface area contributed by atoms with Crippen molar-refractivity contribution in [1.82, 2.24) is 20.2 Å². The zero-order chi connectivity index (χ0) is 16.5. The smallest absolute Gasteiger partial charge is 0.224 e. The van der Waals surface area contributed by atoms with Crippen LogP contribution in [0.15, 0.2) is 6.33 Å². The van der Waals surface area contributed by atoms with Crippen molar-refractivity contribution in [1.29, 1.82) is 0 Å². The number of hydrogen-bond donors (Lipinski definition) is 1. The first-order valence-corrected chi connectivity index (χ1v) is 9.24. The molecule has 0 bridgehead atoms. The van der Waals surface area contributed by atoms with E-state index in [0.717, 1.165) is 63.7 Å². The van der Waals surface area contributed by atoms with Crippen molar-refractivity contribution in [3.63, 3.8) is 0 Å². The van der Waals surface area contributed by atoms with Gasteiger partial charge in [0.1, 0.15) is 12.1 Å². The van der Waals surface area contributed by atoms with Crippen molar-refractivity contribution in [3.05, 3.63) is 17.6 Å². The third-order valence-electron chi connectivity index (χ3n) is 5.52. The Balaban J connectivity index is 1.46. The Labute approximate surface area is 143 Å². The lowest BCUT2D eigenvalue weighted by Crippen LogP contribution is -2.44. The Bertz CT molecular complexity index is 615. The van der Waals surface area contributed by atoms with Gasteiger partial charge < -0.3 is 15.1 Å². The highest BCUT2D eigenvalue weighted by molar-refractivity contribution is 5.79. The molecule has 1 aromatic heterocycles. The molecule has 4 rings (SSSR count). The number of nitrogens with one attached hydrogen (secondary N) is 1. The predicted molar refractivity (Wildman–Crippen MR) is 92.7 cm³/mol. The first-order valence-electron chi connectivity index (χ1n) is 9.24. The average Bonchev–Trinajstić information content (AvgIpc) is 3.43. The Morgan fingerprint density at radius 1 is 1.29 bits per heavy atom. The van der Waals surface area contributed by atoms with Crippen LogP contribution in [0.25, 0.3) is 0 Å². The topological polar surface area (TPSA) is 61.4 Å². The normalized spacial score (nSPS) is 24.5. The molecule has 3 heterocycles. The molecule has 6 heteroatoms. The van der Waals surface area contributed by atoms with Gasteiger partial charge in [-0.2, -0.15) is 0 Å². The highest BCUT2D eigenvalue weighted by Gasteiger charge is 2.30. The molecule has 6 nitrogen and oxygen atoms in total. The second kappa shape index (κ2) is 6.67. The maximum Gasteiger partial charge on any atom is 0.224 e. The summed E-state index contributed by atoms with van der Waals surface area (Å²) in [4.78, 5) is 26.2. The molecular formula is C18H27N5O. The number of amides is 1. The second-order valence-corrected chi connectivity index (χ2v) is 7.58. The van der Waals surface area contributed by atoms with Gasteiger partial charge in [-0.15, -0.1) is 0 Å². The molecule has 0 aromatic carbocycles. The quantitative estimate of drug-likeness (QED) is 0.900. The van der Waals surface area contributed by atoms with Crippen LogP contribution in [0.3, 0.4) is 0 Å². The molecule has 2 fully saturated rings. The molecule has 24 heavy (non-hydrogen) atoms. The number of carbonyl (C=O) groups is 1. The largest absolute Gasteiger partial charge is 0.356 e. The number of fused-ring (bicyclic) bond motifs is 1. The first kappa shape index (κ1) is 15.8. The van der Waals surface area contributed by atoms with Crippen LogP contribution in [0.1, 0.15) is 36.9 Å². The van der Waals surface area contributed by atoms with Gasteiger partial charge in [0.05, 0.1) is 11.6 Å². The summed E-state index contributed by atoms with van der Waals surface area (Å²) < 4.78 is 0. The number of hydrogen-bond acceptors (Lipinski definition) is 5. The third kappa shape index (κ3) is 3.38. The Morgan fingerprint density at radius 3 is 3.00 bits per heavy atom. The number of aromatic nitrogens is 2. The molecule has 130 valence electrons. The standard InChI is InChI=1S/C18H27N5O/c1-22-8-6-16-15(11-22)17(21-12-20-16)23-7-2-3-14(10-23)18(24)19-9-13-4-5-13/h12-14H,2-11H2,1H3,(H,19,24). The van der Waals surface area contributed by atoms with Gasteiger partial charge in [0.15, 0.2) is 0 Å². The summed E-state index contributed by atoms with van der Waals surface area (Å²) in [5.41, 5.74) is 2.43. The van der Waals surface area contributed by atoms with E-state index in [-0.39, 0.29) is 11.8 Å². The van der Waals surface area contributed by atoms with Crippen LogP contribution >= 0.6 is 0 Å². The van der Waals surface area contributed by atoms with Gasteiger partial charge in [0.2, 0.25) is 5.91 Å². The molecule has 1 amide bonds. The molecular weight excluding hydrogens is 302 g/mol. The van der Waals surface area contributed by atoms with E-state index in [2.05, 4.69) is 32.1 Å². The van der Waals surface area contributed by atoms with Gasteiger partial charge in [0.25, 0.3) is 0 Å². The van der Waals surface area contributed by atoms with Crippen LogP contribution in [0.2, 0.25) is 0 Å². The molecule has 1 aliphatic carbocycles. The predicted octanol–water partition coefficient (Wildman–Crippen LogP) is 1.21. The summed E-state index contributed by atoms with van der Waals surface area (Å²) in [5, 5.41) is 3.15. The number of likely N-dealkylation sites (N-methyl/N-ethyl adjacent to an activating group) is 1. The zero-order valence-corrected chi connectivity index (χ0v) is 14.5. The molecule has 1 unspecified atom stereocenters. The Kier molecular flexibility index (Phi) is 4.39. The van der Waals surface area contributed by atoms with Crippen LogP contribution in [0.4, 0.5) is 5.82 Å². The van der Waals surface area contributed by atoms with Gasteiger partial charge in [0, 0.05) is 44.7 Å². The number of nitrogens with zero attached hydrogens (tertiary/aromatic N) is 4. The fraction of sp³-hybridized carbons (Fsp3) is 0.722. The average molecular weight is 329 g/mol. The summed E-state index contributed by atoms with van der Waals surface area (Å²) >= 11 is 0. The highest BCUT2D eigenvalue weighted by atomic mass is 16.1. The van der Waals surface area contributed by atoms with Crippen LogP contribution in [-0.2, 0) is 17.8 Å². The molecule has 3 aliphatic rings. The lowest BCUT2D eigenvalue weighted by Gasteiger charge is -2.35. The zero-order valence-electron chi connectivity index (χ0n) is 14.5. The van der Waals surface area contributed by atoms with E-state index in [1.807, 2.05) is 0 Å². The van der Waals surface area contributed by atoms with Crippen molar-refractivity contribution in [2.45, 2.75) is 38.6 Å². The number of anilines is 1. The van der Waals surface area contributed by atoms with Crippen molar-refractivity contribution in [2.24, 2.45) is 11.8 Å². The molecule has 1 atom stereocenters. The third-order valence-corrected chi connectivity index (χ3v) is 5.52. The van der Waals surface area contributed by atoms with E-state index in [1.165, 1.54) is 24.1 Å². The maximum atomic E-state index is 12.5. The molecule has 1 saturated carbocycles. The summed E-state index contributed by atoms with van der Waals surface area (Å²) in [7, 11) is 2.14. The van der Waals surface area contributed by atoms with Crippen LogP contribution < -0.4 is 10.2 Å². The van der Waals surface area contributed by atoms with E-state index in [9.17, 15) is 4.79 Å². The van der Waals surface area contributed by atoms with Gasteiger partial charge in [-0.25, -0.2) is 9.97 Å².